The summed E-state index contributed by atoms with van der Waals surface area (Å²) in [5.74, 6) is 0. The molecule has 0 saturated carbocycles. The minimum absolute atomic E-state index is 0.557. The molecule has 20 heavy (non-hydrogen) atoms. The Labute approximate surface area is 121 Å². The Hall–Kier alpha value is -1.64. The van der Waals surface area contributed by atoms with Crippen LogP contribution in [0.5, 0.6) is 0 Å². The van der Waals surface area contributed by atoms with E-state index < -0.39 is 6.10 Å². The van der Waals surface area contributed by atoms with Gasteiger partial charge in [-0.1, -0.05) is 36.4 Å². The van der Waals surface area contributed by atoms with E-state index in [1.165, 1.54) is 22.3 Å². The van der Waals surface area contributed by atoms with E-state index in [4.69, 9.17) is 0 Å². The molecule has 2 aromatic carbocycles. The van der Waals surface area contributed by atoms with Crippen LogP contribution in [0.1, 0.15) is 39.5 Å². The lowest BCUT2D eigenvalue weighted by Crippen LogP contribution is -2.06. The van der Waals surface area contributed by atoms with Crippen LogP contribution < -0.4 is 5.32 Å². The first-order valence-electron chi connectivity index (χ1n) is 7.02. The molecule has 0 spiro atoms. The van der Waals surface area contributed by atoms with E-state index in [1.54, 1.807) is 0 Å². The van der Waals surface area contributed by atoms with Crippen molar-refractivity contribution >= 4 is 0 Å². The van der Waals surface area contributed by atoms with E-state index in [-0.39, 0.29) is 0 Å². The second kappa shape index (κ2) is 6.21. The van der Waals surface area contributed by atoms with Gasteiger partial charge in [0.25, 0.3) is 0 Å². The number of benzene rings is 2. The van der Waals surface area contributed by atoms with Crippen molar-refractivity contribution in [2.24, 2.45) is 0 Å². The predicted octanol–water partition coefficient (Wildman–Crippen LogP) is 3.41. The maximum Gasteiger partial charge on any atom is 0.104 e. The highest BCUT2D eigenvalue weighted by Crippen LogP contribution is 2.28. The molecule has 0 aliphatic rings. The number of nitrogens with one attached hydrogen (secondary N) is 1. The maximum atomic E-state index is 10.6. The molecular weight excluding hydrogens is 246 g/mol. The lowest BCUT2D eigenvalue weighted by atomic mass is 9.92. The van der Waals surface area contributed by atoms with Crippen LogP contribution in [0.4, 0.5) is 0 Å². The summed E-state index contributed by atoms with van der Waals surface area (Å²) < 4.78 is 0. The van der Waals surface area contributed by atoms with Crippen LogP contribution in [0.3, 0.4) is 0 Å². The number of aryl methyl sites for hydroxylation is 1. The Morgan fingerprint density at radius 3 is 2.20 bits per heavy atom. The first kappa shape index (κ1) is 14.8. The lowest BCUT2D eigenvalue weighted by Gasteiger charge is -2.17. The molecule has 0 bridgehead atoms. The van der Waals surface area contributed by atoms with Crippen LogP contribution in [-0.2, 0) is 6.54 Å². The minimum Gasteiger partial charge on any atom is -0.384 e. The molecule has 0 aliphatic heterocycles. The van der Waals surface area contributed by atoms with Gasteiger partial charge in [0.15, 0.2) is 0 Å². The lowest BCUT2D eigenvalue weighted by molar-refractivity contribution is 0.219. The van der Waals surface area contributed by atoms with Gasteiger partial charge in [-0.05, 0) is 61.2 Å². The maximum absolute atomic E-state index is 10.6. The Morgan fingerprint density at radius 2 is 1.60 bits per heavy atom. The average Bonchev–Trinajstić information content (AvgIpc) is 2.45. The van der Waals surface area contributed by atoms with Crippen molar-refractivity contribution in [3.05, 3.63) is 69.8 Å². The second-order valence-electron chi connectivity index (χ2n) is 5.40. The summed E-state index contributed by atoms with van der Waals surface area (Å²) in [5, 5.41) is 13.7. The normalized spacial score (nSPS) is 12.4. The molecule has 0 aromatic heterocycles. The molecule has 1 atom stereocenters. The third-order valence-electron chi connectivity index (χ3n) is 4.07. The molecule has 0 radical (unpaired) electrons. The number of aliphatic hydroxyl groups excluding tert-OH is 1. The Bertz CT molecular complexity index is 587. The van der Waals surface area contributed by atoms with Crippen molar-refractivity contribution in [2.75, 3.05) is 7.05 Å². The molecule has 0 fully saturated rings. The van der Waals surface area contributed by atoms with Gasteiger partial charge in [0.1, 0.15) is 6.10 Å². The highest BCUT2D eigenvalue weighted by Gasteiger charge is 2.14. The topological polar surface area (TPSA) is 32.3 Å². The molecule has 2 N–H and O–H groups in total. The van der Waals surface area contributed by atoms with Crippen LogP contribution in [0, 0.1) is 20.8 Å². The highest BCUT2D eigenvalue weighted by molar-refractivity contribution is 5.43. The van der Waals surface area contributed by atoms with Gasteiger partial charge in [-0.15, -0.1) is 0 Å². The van der Waals surface area contributed by atoms with Crippen molar-refractivity contribution in [3.8, 4) is 0 Å². The third kappa shape index (κ3) is 2.92. The number of hydrogen-bond acceptors (Lipinski definition) is 2. The first-order valence-corrected chi connectivity index (χ1v) is 7.02. The highest BCUT2D eigenvalue weighted by atomic mass is 16.3. The molecule has 1 unspecified atom stereocenters. The number of aliphatic hydroxyl groups is 1. The molecule has 2 nitrogen and oxygen atoms in total. The van der Waals surface area contributed by atoms with Gasteiger partial charge >= 0.3 is 0 Å². The first-order chi connectivity index (χ1) is 9.54. The van der Waals surface area contributed by atoms with E-state index >= 15 is 0 Å². The van der Waals surface area contributed by atoms with Gasteiger partial charge in [-0.3, -0.25) is 0 Å². The summed E-state index contributed by atoms with van der Waals surface area (Å²) in [6, 6.07) is 12.2. The van der Waals surface area contributed by atoms with Crippen LogP contribution in [0.15, 0.2) is 36.4 Å². The van der Waals surface area contributed by atoms with Gasteiger partial charge < -0.3 is 10.4 Å². The smallest absolute Gasteiger partial charge is 0.104 e. The molecule has 0 saturated heterocycles. The van der Waals surface area contributed by atoms with Gasteiger partial charge in [0, 0.05) is 6.54 Å². The van der Waals surface area contributed by atoms with Crippen molar-refractivity contribution in [1.82, 2.24) is 5.32 Å². The van der Waals surface area contributed by atoms with Crippen molar-refractivity contribution in [2.45, 2.75) is 33.4 Å². The molecule has 106 valence electrons. The zero-order valence-corrected chi connectivity index (χ0v) is 12.7. The SMILES string of the molecule is CNCc1ccc(C(O)c2ccc(C)c(C)c2C)cc1. The van der Waals surface area contributed by atoms with Gasteiger partial charge in [0.2, 0.25) is 0 Å². The number of rotatable bonds is 4. The van der Waals surface area contributed by atoms with Crippen LogP contribution in [0.25, 0.3) is 0 Å². The summed E-state index contributed by atoms with van der Waals surface area (Å²) in [6.07, 6.45) is -0.557. The van der Waals surface area contributed by atoms with Crippen LogP contribution in [0.2, 0.25) is 0 Å². The largest absolute Gasteiger partial charge is 0.384 e. The summed E-state index contributed by atoms with van der Waals surface area (Å²) in [5.41, 5.74) is 6.86. The molecule has 0 heterocycles. The fraction of sp³-hybridized carbons (Fsp3) is 0.333. The van der Waals surface area contributed by atoms with E-state index in [9.17, 15) is 5.11 Å². The van der Waals surface area contributed by atoms with Gasteiger partial charge in [-0.2, -0.15) is 0 Å². The monoisotopic (exact) mass is 269 g/mol. The minimum atomic E-state index is -0.557. The number of hydrogen-bond donors (Lipinski definition) is 2. The summed E-state index contributed by atoms with van der Waals surface area (Å²) >= 11 is 0. The van der Waals surface area contributed by atoms with Crippen LogP contribution in [-0.4, -0.2) is 12.2 Å². The van der Waals surface area contributed by atoms with Crippen molar-refractivity contribution < 1.29 is 5.11 Å². The van der Waals surface area contributed by atoms with Crippen molar-refractivity contribution in [1.29, 1.82) is 0 Å². The standard InChI is InChI=1S/C18H23NO/c1-12-5-10-17(14(3)13(12)2)18(20)16-8-6-15(7-9-16)11-19-4/h5-10,18-20H,11H2,1-4H3. The Kier molecular flexibility index (Phi) is 4.58. The van der Waals surface area contributed by atoms with Gasteiger partial charge in [-0.25, -0.2) is 0 Å². The summed E-state index contributed by atoms with van der Waals surface area (Å²) in [6.45, 7) is 7.14. The summed E-state index contributed by atoms with van der Waals surface area (Å²) in [7, 11) is 1.93. The second-order valence-corrected chi connectivity index (χ2v) is 5.40. The molecular formula is C18H23NO. The fourth-order valence-electron chi connectivity index (χ4n) is 2.47. The zero-order valence-electron chi connectivity index (χ0n) is 12.7. The Morgan fingerprint density at radius 1 is 0.950 bits per heavy atom. The fourth-order valence-corrected chi connectivity index (χ4v) is 2.47. The third-order valence-corrected chi connectivity index (χ3v) is 4.07. The average molecular weight is 269 g/mol. The van der Waals surface area contributed by atoms with E-state index in [2.05, 4.69) is 44.3 Å². The molecule has 0 aliphatic carbocycles. The summed E-state index contributed by atoms with van der Waals surface area (Å²) in [4.78, 5) is 0. The van der Waals surface area contributed by atoms with E-state index in [0.717, 1.165) is 17.7 Å². The quantitative estimate of drug-likeness (QED) is 0.891. The predicted molar refractivity (Wildman–Crippen MR) is 83.9 cm³/mol. The Balaban J connectivity index is 2.31. The van der Waals surface area contributed by atoms with Gasteiger partial charge in [0.05, 0.1) is 0 Å². The van der Waals surface area contributed by atoms with E-state index in [0.29, 0.717) is 0 Å². The van der Waals surface area contributed by atoms with E-state index in [1.807, 2.05) is 25.2 Å². The molecule has 2 heteroatoms. The zero-order chi connectivity index (χ0) is 14.7. The molecule has 0 amide bonds. The molecule has 2 rings (SSSR count). The van der Waals surface area contributed by atoms with Crippen LogP contribution >= 0.6 is 0 Å². The molecule has 2 aromatic rings. The van der Waals surface area contributed by atoms with Crippen molar-refractivity contribution in [3.63, 3.8) is 0 Å².